The number of pyridine rings is 2. The molecule has 55 heavy (non-hydrogen) atoms. The lowest BCUT2D eigenvalue weighted by molar-refractivity contribution is 0.337. The van der Waals surface area contributed by atoms with Crippen molar-refractivity contribution >= 4 is 55.9 Å². The fourth-order valence-electron chi connectivity index (χ4n) is 8.86. The third-order valence-electron chi connectivity index (χ3n) is 13.0. The second kappa shape index (κ2) is 11.8. The molecule has 4 aromatic carbocycles. The topological polar surface area (TPSA) is 61.9 Å². The molecule has 9 rings (SSSR count). The van der Waals surface area contributed by atoms with Crippen LogP contribution < -0.4 is 9.80 Å². The highest BCUT2D eigenvalue weighted by molar-refractivity contribution is 6.19. The van der Waals surface area contributed by atoms with Gasteiger partial charge in [-0.15, -0.1) is 0 Å². The van der Waals surface area contributed by atoms with Crippen LogP contribution >= 0.6 is 0 Å². The Morgan fingerprint density at radius 1 is 0.473 bits per heavy atom. The van der Waals surface area contributed by atoms with Crippen LogP contribution in [0.4, 0.5) is 11.6 Å². The van der Waals surface area contributed by atoms with Gasteiger partial charge in [-0.3, -0.25) is 9.98 Å². The number of aliphatic imine (C=N–C) groups is 2. The van der Waals surface area contributed by atoms with E-state index in [4.69, 9.17) is 20.0 Å². The molecular formula is C48H49N7. The predicted molar refractivity (Wildman–Crippen MR) is 232 cm³/mol. The van der Waals surface area contributed by atoms with Gasteiger partial charge >= 0.3 is 0 Å². The second-order valence-electron chi connectivity index (χ2n) is 17.3. The quantitative estimate of drug-likeness (QED) is 0.177. The van der Waals surface area contributed by atoms with E-state index < -0.39 is 0 Å². The zero-order valence-corrected chi connectivity index (χ0v) is 33.6. The lowest BCUT2D eigenvalue weighted by Crippen LogP contribution is -2.53. The molecule has 7 nitrogen and oxygen atoms in total. The van der Waals surface area contributed by atoms with E-state index in [9.17, 15) is 0 Å². The minimum atomic E-state index is -0.209. The van der Waals surface area contributed by atoms with E-state index in [0.29, 0.717) is 0 Å². The molecule has 3 aromatic heterocycles. The van der Waals surface area contributed by atoms with Crippen LogP contribution in [-0.4, -0.2) is 48.4 Å². The molecule has 0 fully saturated rings. The van der Waals surface area contributed by atoms with Crippen LogP contribution in [0.2, 0.25) is 0 Å². The summed E-state index contributed by atoms with van der Waals surface area (Å²) in [6.07, 6.45) is 4.00. The normalized spacial score (nSPS) is 18.4. The van der Waals surface area contributed by atoms with E-state index in [1.807, 2.05) is 12.4 Å². The van der Waals surface area contributed by atoms with Crippen molar-refractivity contribution in [1.29, 1.82) is 0 Å². The van der Waals surface area contributed by atoms with Gasteiger partial charge in [0.2, 0.25) is 0 Å². The number of fused-ring (bicyclic) bond motifs is 5. The number of hydrogen-bond donors (Lipinski definition) is 0. The molecule has 0 spiro atoms. The first-order chi connectivity index (χ1) is 26.1. The molecule has 0 aliphatic carbocycles. The number of nitrogens with zero attached hydrogens (tertiary/aromatic N) is 7. The summed E-state index contributed by atoms with van der Waals surface area (Å²) in [5.41, 5.74) is 7.14. The highest BCUT2D eigenvalue weighted by Crippen LogP contribution is 2.43. The van der Waals surface area contributed by atoms with Crippen molar-refractivity contribution in [3.05, 3.63) is 116 Å². The molecule has 2 aliphatic rings. The molecule has 0 atom stereocenters. The largest absolute Gasteiger partial charge is 0.309 e. The van der Waals surface area contributed by atoms with Gasteiger partial charge in [0, 0.05) is 45.4 Å². The Kier molecular flexibility index (Phi) is 7.52. The van der Waals surface area contributed by atoms with Crippen molar-refractivity contribution in [2.75, 3.05) is 9.80 Å². The summed E-state index contributed by atoms with van der Waals surface area (Å²) in [6, 6.07) is 37.5. The smallest absolute Gasteiger partial charge is 0.134 e. The summed E-state index contributed by atoms with van der Waals surface area (Å²) in [5, 5.41) is 4.84. The lowest BCUT2D eigenvalue weighted by Gasteiger charge is -2.40. The van der Waals surface area contributed by atoms with Crippen LogP contribution in [-0.2, 0) is 0 Å². The van der Waals surface area contributed by atoms with Crippen molar-refractivity contribution in [2.24, 2.45) is 9.98 Å². The van der Waals surface area contributed by atoms with Gasteiger partial charge in [0.15, 0.2) is 0 Å². The molecule has 0 saturated carbocycles. The number of hydrogen-bond acceptors (Lipinski definition) is 6. The van der Waals surface area contributed by atoms with Gasteiger partial charge < -0.3 is 14.4 Å². The molecule has 2 aliphatic heterocycles. The maximum Gasteiger partial charge on any atom is 0.134 e. The van der Waals surface area contributed by atoms with Gasteiger partial charge in [0.05, 0.1) is 33.2 Å². The van der Waals surface area contributed by atoms with Crippen LogP contribution in [0.5, 0.6) is 0 Å². The van der Waals surface area contributed by atoms with E-state index in [1.165, 1.54) is 27.1 Å². The van der Waals surface area contributed by atoms with Crippen molar-refractivity contribution in [1.82, 2.24) is 14.5 Å². The van der Waals surface area contributed by atoms with Gasteiger partial charge in [-0.1, -0.05) is 54.6 Å². The standard InChI is InChI=1S/C48H49N7/c1-30-51-45(3,4)47(7,8)54(30)42-24-19-35(28-49-42)32-16-21-38-34(26-32)18-23-40-39-22-17-33(27-41(39)53(44(38)40)37-14-12-11-13-15-37)36-20-25-43(50-29-36)55-31(2)52-46(5,6)48(55,9)10/h11-29H,1-10H3. The minimum Gasteiger partial charge on any atom is -0.309 e. The number of benzene rings is 4. The molecule has 0 amide bonds. The maximum absolute atomic E-state index is 4.99. The van der Waals surface area contributed by atoms with E-state index in [-0.39, 0.29) is 22.2 Å². The summed E-state index contributed by atoms with van der Waals surface area (Å²) >= 11 is 0. The number of aromatic nitrogens is 3. The van der Waals surface area contributed by atoms with E-state index in [2.05, 4.69) is 187 Å². The fraction of sp³-hybridized carbons (Fsp3) is 0.292. The Hall–Kier alpha value is -5.82. The Bertz CT molecular complexity index is 2710. The van der Waals surface area contributed by atoms with Gasteiger partial charge in [-0.25, -0.2) is 9.97 Å². The molecule has 5 heterocycles. The SMILES string of the molecule is CC1=NC(C)(C)C(C)(C)N1c1ccc(-c2ccc3c(ccc4c5ccc(-c6ccc(N7C(C)=NC(C)(C)C7(C)C)nc6)cc5n(-c5ccccc5)c34)c2)cn1. The monoisotopic (exact) mass is 723 g/mol. The van der Waals surface area contributed by atoms with E-state index in [0.717, 1.165) is 56.8 Å². The molecular weight excluding hydrogens is 675 g/mol. The van der Waals surface area contributed by atoms with Gasteiger partial charge in [-0.05, 0) is 134 Å². The first-order valence-corrected chi connectivity index (χ1v) is 19.3. The van der Waals surface area contributed by atoms with Crippen molar-refractivity contribution in [3.63, 3.8) is 0 Å². The van der Waals surface area contributed by atoms with Crippen LogP contribution in [0.25, 0.3) is 60.5 Å². The molecule has 0 N–H and O–H groups in total. The third kappa shape index (κ3) is 5.15. The van der Waals surface area contributed by atoms with Gasteiger partial charge in [-0.2, -0.15) is 0 Å². The summed E-state index contributed by atoms with van der Waals surface area (Å²) in [7, 11) is 0. The molecule has 0 unspecified atom stereocenters. The summed E-state index contributed by atoms with van der Waals surface area (Å²) in [4.78, 5) is 24.4. The Morgan fingerprint density at radius 2 is 0.964 bits per heavy atom. The lowest BCUT2D eigenvalue weighted by atomic mass is 9.83. The van der Waals surface area contributed by atoms with Gasteiger partial charge in [0.25, 0.3) is 0 Å². The molecule has 0 saturated heterocycles. The van der Waals surface area contributed by atoms with Gasteiger partial charge in [0.1, 0.15) is 23.3 Å². The number of para-hydroxylation sites is 1. The summed E-state index contributed by atoms with van der Waals surface area (Å²) < 4.78 is 2.42. The zero-order valence-electron chi connectivity index (χ0n) is 33.6. The van der Waals surface area contributed by atoms with Crippen LogP contribution in [0.1, 0.15) is 69.2 Å². The average Bonchev–Trinajstić information content (AvgIpc) is 3.63. The number of anilines is 2. The Balaban J connectivity index is 1.12. The van der Waals surface area contributed by atoms with Crippen LogP contribution in [0.3, 0.4) is 0 Å². The zero-order chi connectivity index (χ0) is 38.7. The highest BCUT2D eigenvalue weighted by Gasteiger charge is 2.49. The Morgan fingerprint density at radius 3 is 1.45 bits per heavy atom. The first-order valence-electron chi connectivity index (χ1n) is 19.3. The maximum atomic E-state index is 4.99. The molecule has 0 radical (unpaired) electrons. The molecule has 276 valence electrons. The molecule has 7 aromatic rings. The van der Waals surface area contributed by atoms with E-state index in [1.54, 1.807) is 0 Å². The minimum absolute atomic E-state index is 0.184. The van der Waals surface area contributed by atoms with Crippen molar-refractivity contribution < 1.29 is 0 Å². The Labute approximate surface area is 324 Å². The highest BCUT2D eigenvalue weighted by atomic mass is 15.4. The van der Waals surface area contributed by atoms with Crippen LogP contribution in [0, 0.1) is 0 Å². The molecule has 0 bridgehead atoms. The third-order valence-corrected chi connectivity index (χ3v) is 13.0. The predicted octanol–water partition coefficient (Wildman–Crippen LogP) is 11.7. The van der Waals surface area contributed by atoms with E-state index >= 15 is 0 Å². The van der Waals surface area contributed by atoms with Crippen molar-refractivity contribution in [2.45, 2.75) is 91.4 Å². The number of rotatable bonds is 5. The second-order valence-corrected chi connectivity index (χ2v) is 17.3. The molecule has 7 heteroatoms. The fourth-order valence-corrected chi connectivity index (χ4v) is 8.86. The van der Waals surface area contributed by atoms with Crippen molar-refractivity contribution in [3.8, 4) is 27.9 Å². The summed E-state index contributed by atoms with van der Waals surface area (Å²) in [6.45, 7) is 21.9. The van der Waals surface area contributed by atoms with Crippen LogP contribution in [0.15, 0.2) is 126 Å². The summed E-state index contributed by atoms with van der Waals surface area (Å²) in [5.74, 6) is 3.83. The number of amidine groups is 2. The first kappa shape index (κ1) is 34.9. The average molecular weight is 724 g/mol.